The molecule has 2 amide bonds. The van der Waals surface area contributed by atoms with E-state index in [-0.39, 0.29) is 5.69 Å². The number of carbonyl (C=O) groups is 2. The predicted molar refractivity (Wildman–Crippen MR) is 87.2 cm³/mol. The summed E-state index contributed by atoms with van der Waals surface area (Å²) in [6.45, 7) is 0. The fraction of sp³-hybridized carbons (Fsp3) is 0. The van der Waals surface area contributed by atoms with Crippen LogP contribution in [0.4, 0.5) is 10.1 Å². The fourth-order valence-electron chi connectivity index (χ4n) is 1.55. The van der Waals surface area contributed by atoms with Crippen LogP contribution in [-0.4, -0.2) is 18.0 Å². The first-order valence-electron chi connectivity index (χ1n) is 6.31. The van der Waals surface area contributed by atoms with Crippen molar-refractivity contribution in [2.24, 2.45) is 5.10 Å². The molecule has 0 atom stereocenters. The van der Waals surface area contributed by atoms with E-state index in [0.29, 0.717) is 15.6 Å². The van der Waals surface area contributed by atoms with Crippen molar-refractivity contribution in [2.75, 3.05) is 5.32 Å². The Morgan fingerprint density at radius 1 is 1.04 bits per heavy atom. The summed E-state index contributed by atoms with van der Waals surface area (Å²) >= 11 is 11.6. The number of nitrogens with zero attached hydrogens (tertiary/aromatic N) is 1. The van der Waals surface area contributed by atoms with E-state index < -0.39 is 17.6 Å². The molecule has 0 aromatic heterocycles. The van der Waals surface area contributed by atoms with Gasteiger partial charge in [0.25, 0.3) is 0 Å². The topological polar surface area (TPSA) is 70.6 Å². The van der Waals surface area contributed by atoms with Crippen LogP contribution in [0.15, 0.2) is 47.6 Å². The maximum atomic E-state index is 13.4. The van der Waals surface area contributed by atoms with Gasteiger partial charge >= 0.3 is 11.8 Å². The molecule has 2 rings (SSSR count). The van der Waals surface area contributed by atoms with E-state index in [1.807, 2.05) is 5.43 Å². The number of carbonyl (C=O) groups excluding carboxylic acids is 2. The van der Waals surface area contributed by atoms with Gasteiger partial charge in [-0.15, -0.1) is 0 Å². The maximum Gasteiger partial charge on any atom is 0.329 e. The zero-order chi connectivity index (χ0) is 16.8. The molecule has 0 fully saturated rings. The molecular weight excluding hydrogens is 344 g/mol. The summed E-state index contributed by atoms with van der Waals surface area (Å²) in [5.41, 5.74) is 2.51. The zero-order valence-electron chi connectivity index (χ0n) is 11.5. The summed E-state index contributed by atoms with van der Waals surface area (Å²) in [5, 5.41) is 6.47. The number of rotatable bonds is 3. The van der Waals surface area contributed by atoms with E-state index in [4.69, 9.17) is 23.2 Å². The van der Waals surface area contributed by atoms with Gasteiger partial charge in [-0.1, -0.05) is 41.4 Å². The smallest absolute Gasteiger partial charge is 0.315 e. The highest BCUT2D eigenvalue weighted by atomic mass is 35.5. The number of para-hydroxylation sites is 1. The molecule has 0 aliphatic heterocycles. The number of anilines is 1. The Morgan fingerprint density at radius 3 is 2.48 bits per heavy atom. The molecule has 0 aliphatic carbocycles. The molecule has 2 aromatic rings. The average Bonchev–Trinajstić information content (AvgIpc) is 2.53. The van der Waals surface area contributed by atoms with Crippen LogP contribution in [0.2, 0.25) is 10.0 Å². The summed E-state index contributed by atoms with van der Waals surface area (Å²) in [6.07, 6.45) is 1.29. The quantitative estimate of drug-likeness (QED) is 0.505. The van der Waals surface area contributed by atoms with Crippen molar-refractivity contribution >= 4 is 46.9 Å². The van der Waals surface area contributed by atoms with Crippen LogP contribution in [-0.2, 0) is 9.59 Å². The number of halogens is 3. The summed E-state index contributed by atoms with van der Waals surface area (Å²) in [4.78, 5) is 23.2. The van der Waals surface area contributed by atoms with Gasteiger partial charge in [0, 0.05) is 0 Å². The number of hydrogen-bond acceptors (Lipinski definition) is 3. The molecule has 0 saturated carbocycles. The van der Waals surface area contributed by atoms with Gasteiger partial charge in [-0.3, -0.25) is 9.59 Å². The average molecular weight is 354 g/mol. The van der Waals surface area contributed by atoms with E-state index in [1.54, 1.807) is 18.2 Å². The molecule has 0 unspecified atom stereocenters. The largest absolute Gasteiger partial charge is 0.329 e. The monoisotopic (exact) mass is 353 g/mol. The third-order valence-corrected chi connectivity index (χ3v) is 3.39. The minimum Gasteiger partial charge on any atom is -0.315 e. The number of hydrazone groups is 1. The van der Waals surface area contributed by atoms with Crippen molar-refractivity contribution in [1.82, 2.24) is 5.43 Å². The SMILES string of the molecule is O=C(NN=Cc1ccc(Cl)c(Cl)c1)C(=O)Nc1ccccc1F. The number of amides is 2. The molecule has 23 heavy (non-hydrogen) atoms. The highest BCUT2D eigenvalue weighted by molar-refractivity contribution is 6.42. The lowest BCUT2D eigenvalue weighted by molar-refractivity contribution is -0.136. The van der Waals surface area contributed by atoms with Crippen LogP contribution < -0.4 is 10.7 Å². The summed E-state index contributed by atoms with van der Waals surface area (Å²) in [6, 6.07) is 10.2. The molecule has 0 spiro atoms. The first-order valence-corrected chi connectivity index (χ1v) is 7.07. The van der Waals surface area contributed by atoms with Crippen LogP contribution in [0.25, 0.3) is 0 Å². The first kappa shape index (κ1) is 16.9. The molecule has 0 aliphatic rings. The molecular formula is C15H10Cl2FN3O2. The fourth-order valence-corrected chi connectivity index (χ4v) is 1.86. The van der Waals surface area contributed by atoms with Crippen LogP contribution >= 0.6 is 23.2 Å². The van der Waals surface area contributed by atoms with Crippen molar-refractivity contribution in [2.45, 2.75) is 0 Å². The van der Waals surface area contributed by atoms with E-state index in [1.165, 1.54) is 24.4 Å². The van der Waals surface area contributed by atoms with Crippen LogP contribution in [0.3, 0.4) is 0 Å². The summed E-state index contributed by atoms with van der Waals surface area (Å²) in [5.74, 6) is -2.72. The van der Waals surface area contributed by atoms with Gasteiger partial charge in [0.2, 0.25) is 0 Å². The zero-order valence-corrected chi connectivity index (χ0v) is 13.0. The Balaban J connectivity index is 1.93. The number of benzene rings is 2. The standard InChI is InChI=1S/C15H10Cl2FN3O2/c16-10-6-5-9(7-11(10)17)8-19-21-15(23)14(22)20-13-4-2-1-3-12(13)18/h1-8H,(H,20,22)(H,21,23). The van der Waals surface area contributed by atoms with E-state index >= 15 is 0 Å². The number of nitrogens with one attached hydrogen (secondary N) is 2. The third-order valence-electron chi connectivity index (χ3n) is 2.65. The minimum absolute atomic E-state index is 0.0962. The molecule has 0 heterocycles. The van der Waals surface area contributed by atoms with Gasteiger partial charge in [0.15, 0.2) is 0 Å². The molecule has 0 bridgehead atoms. The summed E-state index contributed by atoms with van der Waals surface area (Å²) < 4.78 is 13.4. The van der Waals surface area contributed by atoms with Crippen molar-refractivity contribution in [3.63, 3.8) is 0 Å². The predicted octanol–water partition coefficient (Wildman–Crippen LogP) is 3.22. The highest BCUT2D eigenvalue weighted by Gasteiger charge is 2.14. The highest BCUT2D eigenvalue weighted by Crippen LogP contribution is 2.21. The van der Waals surface area contributed by atoms with E-state index in [9.17, 15) is 14.0 Å². The normalized spacial score (nSPS) is 10.6. The van der Waals surface area contributed by atoms with E-state index in [0.717, 1.165) is 6.07 Å². The van der Waals surface area contributed by atoms with Gasteiger partial charge in [-0.25, -0.2) is 9.82 Å². The van der Waals surface area contributed by atoms with Gasteiger partial charge in [0.1, 0.15) is 5.82 Å². The molecule has 5 nitrogen and oxygen atoms in total. The first-order chi connectivity index (χ1) is 11.0. The molecule has 0 radical (unpaired) electrons. The summed E-state index contributed by atoms with van der Waals surface area (Å²) in [7, 11) is 0. The lowest BCUT2D eigenvalue weighted by atomic mass is 10.2. The minimum atomic E-state index is -1.04. The number of hydrogen-bond donors (Lipinski definition) is 2. The van der Waals surface area contributed by atoms with Crippen LogP contribution in [0.1, 0.15) is 5.56 Å². The lowest BCUT2D eigenvalue weighted by Crippen LogP contribution is -2.32. The van der Waals surface area contributed by atoms with Gasteiger partial charge in [0.05, 0.1) is 21.9 Å². The van der Waals surface area contributed by atoms with Crippen molar-refractivity contribution < 1.29 is 14.0 Å². The van der Waals surface area contributed by atoms with Crippen molar-refractivity contribution in [1.29, 1.82) is 0 Å². The Labute approximate surface area is 141 Å². The van der Waals surface area contributed by atoms with Gasteiger partial charge in [-0.2, -0.15) is 5.10 Å². The molecule has 118 valence electrons. The maximum absolute atomic E-state index is 13.4. The molecule has 8 heteroatoms. The van der Waals surface area contributed by atoms with Gasteiger partial charge < -0.3 is 5.32 Å². The molecule has 2 aromatic carbocycles. The third kappa shape index (κ3) is 4.77. The second kappa shape index (κ2) is 7.71. The van der Waals surface area contributed by atoms with Crippen LogP contribution in [0, 0.1) is 5.82 Å². The Morgan fingerprint density at radius 2 is 1.78 bits per heavy atom. The van der Waals surface area contributed by atoms with Crippen LogP contribution in [0.5, 0.6) is 0 Å². The second-order valence-electron chi connectivity index (χ2n) is 4.31. The molecule has 2 N–H and O–H groups in total. The Hall–Kier alpha value is -2.44. The van der Waals surface area contributed by atoms with Crippen molar-refractivity contribution in [3.8, 4) is 0 Å². The molecule has 0 saturated heterocycles. The Kier molecular flexibility index (Phi) is 5.67. The lowest BCUT2D eigenvalue weighted by Gasteiger charge is -2.04. The van der Waals surface area contributed by atoms with Crippen molar-refractivity contribution in [3.05, 3.63) is 63.9 Å². The van der Waals surface area contributed by atoms with E-state index in [2.05, 4.69) is 10.4 Å². The van der Waals surface area contributed by atoms with Gasteiger partial charge in [-0.05, 0) is 29.8 Å². The Bertz CT molecular complexity index is 781. The second-order valence-corrected chi connectivity index (χ2v) is 5.12.